The van der Waals surface area contributed by atoms with E-state index in [1.54, 1.807) is 0 Å². The molecule has 2 saturated heterocycles. The number of rotatable bonds is 8. The van der Waals surface area contributed by atoms with Crippen molar-refractivity contribution >= 4 is 30.7 Å². The highest BCUT2D eigenvalue weighted by molar-refractivity contribution is 5.93. The molecule has 0 radical (unpaired) electrons. The number of hydrogen-bond acceptors (Lipinski definition) is 6. The van der Waals surface area contributed by atoms with Crippen molar-refractivity contribution in [3.63, 3.8) is 0 Å². The Kier molecular flexibility index (Phi) is 12.2. The predicted molar refractivity (Wildman–Crippen MR) is 123 cm³/mol. The maximum Gasteiger partial charge on any atom is 0.273 e. The van der Waals surface area contributed by atoms with E-state index in [2.05, 4.69) is 32.8 Å². The third-order valence-corrected chi connectivity index (χ3v) is 6.07. The van der Waals surface area contributed by atoms with Crippen LogP contribution < -0.4 is 10.6 Å². The zero-order chi connectivity index (χ0) is 19.9. The van der Waals surface area contributed by atoms with E-state index in [4.69, 9.17) is 4.74 Å². The number of halogens is 2. The van der Waals surface area contributed by atoms with Crippen LogP contribution in [0.15, 0.2) is 0 Å². The van der Waals surface area contributed by atoms with Crippen LogP contribution in [0.5, 0.6) is 0 Å². The van der Waals surface area contributed by atoms with Crippen molar-refractivity contribution in [2.75, 3.05) is 45.9 Å². The number of nitrogens with zero attached hydrogens (tertiary/aromatic N) is 4. The van der Waals surface area contributed by atoms with Crippen LogP contribution in [0.4, 0.5) is 0 Å². The lowest BCUT2D eigenvalue weighted by molar-refractivity contribution is 0.0838. The minimum atomic E-state index is -0.0840. The molecule has 0 spiro atoms. The van der Waals surface area contributed by atoms with Crippen molar-refractivity contribution in [1.29, 1.82) is 0 Å². The molecule has 2 fully saturated rings. The normalized spacial score (nSPS) is 22.8. The van der Waals surface area contributed by atoms with E-state index in [1.807, 2.05) is 18.5 Å². The maximum atomic E-state index is 12.8. The first-order valence-electron chi connectivity index (χ1n) is 10.8. The number of amides is 1. The van der Waals surface area contributed by atoms with Gasteiger partial charge in [-0.3, -0.25) is 4.79 Å². The van der Waals surface area contributed by atoms with Gasteiger partial charge in [0.2, 0.25) is 0 Å². The van der Waals surface area contributed by atoms with Gasteiger partial charge in [0.1, 0.15) is 0 Å². The van der Waals surface area contributed by atoms with Gasteiger partial charge in [0, 0.05) is 38.9 Å². The Labute approximate surface area is 192 Å². The third-order valence-electron chi connectivity index (χ3n) is 6.07. The molecule has 0 bridgehead atoms. The largest absolute Gasteiger partial charge is 0.382 e. The van der Waals surface area contributed by atoms with Crippen LogP contribution in [0.2, 0.25) is 0 Å². The van der Waals surface area contributed by atoms with Gasteiger partial charge >= 0.3 is 0 Å². The average Bonchev–Trinajstić information content (AvgIpc) is 3.09. The average molecular weight is 465 g/mol. The third kappa shape index (κ3) is 7.05. The molecule has 30 heavy (non-hydrogen) atoms. The number of piperidine rings is 2. The van der Waals surface area contributed by atoms with Gasteiger partial charge in [0.25, 0.3) is 5.91 Å². The van der Waals surface area contributed by atoms with E-state index in [9.17, 15) is 4.79 Å². The Balaban J connectivity index is 0.00000225. The quantitative estimate of drug-likeness (QED) is 0.573. The fourth-order valence-electron chi connectivity index (χ4n) is 4.37. The first-order valence-corrected chi connectivity index (χ1v) is 10.8. The zero-order valence-corrected chi connectivity index (χ0v) is 20.1. The zero-order valence-electron chi connectivity index (χ0n) is 18.4. The number of likely N-dealkylation sites (tertiary alicyclic amines) is 1. The van der Waals surface area contributed by atoms with Gasteiger partial charge in [0.15, 0.2) is 5.69 Å². The molecule has 10 heteroatoms. The van der Waals surface area contributed by atoms with E-state index >= 15 is 0 Å². The highest BCUT2D eigenvalue weighted by Crippen LogP contribution is 2.21. The second-order valence-electron chi connectivity index (χ2n) is 8.15. The molecule has 174 valence electrons. The predicted octanol–water partition coefficient (Wildman–Crippen LogP) is 2.22. The van der Waals surface area contributed by atoms with Crippen molar-refractivity contribution in [1.82, 2.24) is 30.5 Å². The molecular weight excluding hydrogens is 427 g/mol. The molecule has 2 unspecified atom stereocenters. The smallest absolute Gasteiger partial charge is 0.273 e. The van der Waals surface area contributed by atoms with E-state index in [0.717, 1.165) is 77.3 Å². The van der Waals surface area contributed by atoms with Crippen molar-refractivity contribution in [3.05, 3.63) is 11.4 Å². The Hall–Kier alpha value is -0.930. The van der Waals surface area contributed by atoms with Crippen molar-refractivity contribution in [2.24, 2.45) is 5.92 Å². The highest BCUT2D eigenvalue weighted by Gasteiger charge is 2.29. The minimum absolute atomic E-state index is 0. The number of ether oxygens (including phenoxy) is 1. The molecule has 1 amide bonds. The van der Waals surface area contributed by atoms with E-state index < -0.39 is 0 Å². The number of carbonyl (C=O) groups excluding carboxylic acids is 1. The molecule has 3 rings (SSSR count). The Bertz CT molecular complexity index is 639. The summed E-state index contributed by atoms with van der Waals surface area (Å²) in [6.07, 6.45) is 4.10. The van der Waals surface area contributed by atoms with E-state index in [1.165, 1.54) is 0 Å². The van der Waals surface area contributed by atoms with Crippen LogP contribution in [0.1, 0.15) is 61.8 Å². The van der Waals surface area contributed by atoms with Crippen molar-refractivity contribution < 1.29 is 9.53 Å². The summed E-state index contributed by atoms with van der Waals surface area (Å²) in [6, 6.07) is 0.535. The van der Waals surface area contributed by atoms with Crippen LogP contribution >= 0.6 is 24.8 Å². The van der Waals surface area contributed by atoms with Gasteiger partial charge in [-0.2, -0.15) is 0 Å². The molecule has 2 aliphatic heterocycles. The molecule has 2 aliphatic rings. The Morgan fingerprint density at radius 2 is 2.00 bits per heavy atom. The van der Waals surface area contributed by atoms with Crippen LogP contribution in [0, 0.1) is 12.8 Å². The summed E-state index contributed by atoms with van der Waals surface area (Å²) in [5.41, 5.74) is 1.36. The van der Waals surface area contributed by atoms with Gasteiger partial charge in [-0.05, 0) is 58.5 Å². The number of hydrogen-bond donors (Lipinski definition) is 2. The van der Waals surface area contributed by atoms with Crippen LogP contribution in [-0.2, 0) is 4.74 Å². The second kappa shape index (κ2) is 13.5. The highest BCUT2D eigenvalue weighted by atomic mass is 35.5. The summed E-state index contributed by atoms with van der Waals surface area (Å²) < 4.78 is 7.37. The molecule has 0 saturated carbocycles. The fraction of sp³-hybridized carbons (Fsp3) is 0.850. The molecule has 1 aromatic heterocycles. The summed E-state index contributed by atoms with van der Waals surface area (Å²) in [5.74, 6) is 0.337. The molecule has 1 aromatic rings. The minimum Gasteiger partial charge on any atom is -0.382 e. The SMILES string of the molecule is CCOCCCN1CCC(NC(=O)c2nnn(C3CCNCC3)c2C)C(C)C1.Cl.Cl. The molecular formula is C20H38Cl2N6O2. The molecule has 0 aromatic carbocycles. The van der Waals surface area contributed by atoms with Crippen LogP contribution in [0.3, 0.4) is 0 Å². The summed E-state index contributed by atoms with van der Waals surface area (Å²) in [7, 11) is 0. The lowest BCUT2D eigenvalue weighted by atomic mass is 9.93. The van der Waals surface area contributed by atoms with Gasteiger partial charge < -0.3 is 20.3 Å². The summed E-state index contributed by atoms with van der Waals surface area (Å²) in [5, 5.41) is 15.1. The first-order chi connectivity index (χ1) is 13.6. The van der Waals surface area contributed by atoms with E-state index in [-0.39, 0.29) is 36.8 Å². The van der Waals surface area contributed by atoms with Crippen LogP contribution in [0.25, 0.3) is 0 Å². The Morgan fingerprint density at radius 3 is 2.67 bits per heavy atom. The first kappa shape index (κ1) is 27.1. The monoisotopic (exact) mass is 464 g/mol. The summed E-state index contributed by atoms with van der Waals surface area (Å²) >= 11 is 0. The molecule has 2 N–H and O–H groups in total. The van der Waals surface area contributed by atoms with Gasteiger partial charge in [-0.25, -0.2) is 4.68 Å². The molecule has 2 atom stereocenters. The van der Waals surface area contributed by atoms with Crippen molar-refractivity contribution in [3.8, 4) is 0 Å². The molecule has 3 heterocycles. The number of nitrogens with one attached hydrogen (secondary N) is 2. The molecule has 0 aliphatic carbocycles. The standard InChI is InChI=1S/C20H36N6O2.2ClH/c1-4-28-13-5-11-25-12-8-18(15(2)14-25)22-20(27)19-16(3)26(24-23-19)17-6-9-21-10-7-17;;/h15,17-18,21H,4-14H2,1-3H3,(H,22,27);2*1H. The topological polar surface area (TPSA) is 84.3 Å². The molecule has 8 nitrogen and oxygen atoms in total. The second-order valence-corrected chi connectivity index (χ2v) is 8.15. The van der Waals surface area contributed by atoms with Gasteiger partial charge in [0.05, 0.1) is 11.7 Å². The van der Waals surface area contributed by atoms with Crippen LogP contribution in [-0.4, -0.2) is 77.8 Å². The fourth-order valence-corrected chi connectivity index (χ4v) is 4.37. The number of carbonyl (C=O) groups is 1. The lowest BCUT2D eigenvalue weighted by Crippen LogP contribution is -2.50. The van der Waals surface area contributed by atoms with Gasteiger partial charge in [-0.15, -0.1) is 29.9 Å². The van der Waals surface area contributed by atoms with Gasteiger partial charge in [-0.1, -0.05) is 12.1 Å². The number of aromatic nitrogens is 3. The Morgan fingerprint density at radius 1 is 1.27 bits per heavy atom. The van der Waals surface area contributed by atoms with E-state index in [0.29, 0.717) is 17.7 Å². The summed E-state index contributed by atoms with van der Waals surface area (Å²) in [6.45, 7) is 12.9. The lowest BCUT2D eigenvalue weighted by Gasteiger charge is -2.37. The van der Waals surface area contributed by atoms with Crippen molar-refractivity contribution in [2.45, 2.75) is 58.5 Å². The summed E-state index contributed by atoms with van der Waals surface area (Å²) in [4.78, 5) is 15.3. The maximum absolute atomic E-state index is 12.8.